The number of benzene rings is 4. The molecule has 0 spiro atoms. The van der Waals surface area contributed by atoms with E-state index in [0.717, 1.165) is 33.9 Å². The van der Waals surface area contributed by atoms with Crippen LogP contribution in [0.25, 0.3) is 21.9 Å². The van der Waals surface area contributed by atoms with Crippen LogP contribution in [0.2, 0.25) is 0 Å². The van der Waals surface area contributed by atoms with E-state index in [1.54, 1.807) is 43.5 Å². The first kappa shape index (κ1) is 17.7. The van der Waals surface area contributed by atoms with Crippen LogP contribution in [-0.2, 0) is 0 Å². The minimum absolute atomic E-state index is 0.291. The fourth-order valence-corrected chi connectivity index (χ4v) is 3.11. The van der Waals surface area contributed by atoms with Crippen molar-refractivity contribution in [2.24, 2.45) is 0 Å². The van der Waals surface area contributed by atoms with E-state index in [-0.39, 0.29) is 5.82 Å². The lowest BCUT2D eigenvalue weighted by Crippen LogP contribution is -1.92. The highest BCUT2D eigenvalue weighted by Crippen LogP contribution is 2.40. The molecule has 0 aliphatic rings. The van der Waals surface area contributed by atoms with Crippen LogP contribution >= 0.6 is 0 Å². The van der Waals surface area contributed by atoms with Gasteiger partial charge in [-0.3, -0.25) is 4.79 Å². The van der Waals surface area contributed by atoms with Crippen LogP contribution < -0.4 is 9.47 Å². The van der Waals surface area contributed by atoms with E-state index in [1.807, 2.05) is 30.3 Å². The summed E-state index contributed by atoms with van der Waals surface area (Å²) in [5.41, 5.74) is 2.27. The Kier molecular flexibility index (Phi) is 4.77. The summed E-state index contributed by atoms with van der Waals surface area (Å²) in [4.78, 5) is 10.9. The average Bonchev–Trinajstić information content (AvgIpc) is 2.75. The first-order valence-electron chi connectivity index (χ1n) is 8.78. The van der Waals surface area contributed by atoms with Crippen LogP contribution in [0.5, 0.6) is 17.2 Å². The van der Waals surface area contributed by atoms with Crippen molar-refractivity contribution in [3.63, 3.8) is 0 Å². The van der Waals surface area contributed by atoms with Crippen molar-refractivity contribution in [3.05, 3.63) is 90.2 Å². The second kappa shape index (κ2) is 7.53. The van der Waals surface area contributed by atoms with E-state index in [4.69, 9.17) is 9.47 Å². The Hall–Kier alpha value is -3.66. The molecule has 0 atom stereocenters. The predicted molar refractivity (Wildman–Crippen MR) is 108 cm³/mol. The third kappa shape index (κ3) is 3.45. The summed E-state index contributed by atoms with van der Waals surface area (Å²) in [6.07, 6.45) is 0.790. The number of fused-ring (bicyclic) bond motifs is 1. The minimum atomic E-state index is -0.291. The van der Waals surface area contributed by atoms with Gasteiger partial charge in [0.05, 0.1) is 7.11 Å². The van der Waals surface area contributed by atoms with Gasteiger partial charge in [-0.15, -0.1) is 0 Å². The number of carbonyl (C=O) groups excluding carboxylic acids is 1. The van der Waals surface area contributed by atoms with Gasteiger partial charge in [-0.25, -0.2) is 4.39 Å². The van der Waals surface area contributed by atoms with Crippen LogP contribution in [0.15, 0.2) is 78.9 Å². The Bertz CT molecular complexity index is 1130. The molecular weight excluding hydrogens is 355 g/mol. The Morgan fingerprint density at radius 1 is 0.821 bits per heavy atom. The number of halogens is 1. The standard InChI is InChI=1S/C24H17FO3/c1-27-21-11-13-23-18(14-21)6-12-22(17-4-7-19(25)8-5-17)24(23)28-20-9-2-16(15-26)3-10-20/h2-15H,1H3. The van der Waals surface area contributed by atoms with Crippen LogP contribution in [0.4, 0.5) is 4.39 Å². The Morgan fingerprint density at radius 2 is 1.54 bits per heavy atom. The molecule has 0 N–H and O–H groups in total. The van der Waals surface area contributed by atoms with E-state index in [9.17, 15) is 9.18 Å². The van der Waals surface area contributed by atoms with Crippen molar-refractivity contribution in [3.8, 4) is 28.4 Å². The number of rotatable bonds is 5. The molecule has 4 heteroatoms. The van der Waals surface area contributed by atoms with Crippen LogP contribution in [0.3, 0.4) is 0 Å². The molecule has 0 saturated heterocycles. The largest absolute Gasteiger partial charge is 0.497 e. The number of hydrogen-bond acceptors (Lipinski definition) is 3. The summed E-state index contributed by atoms with van der Waals surface area (Å²) in [6, 6.07) is 22.9. The lowest BCUT2D eigenvalue weighted by Gasteiger charge is -2.15. The van der Waals surface area contributed by atoms with E-state index in [2.05, 4.69) is 0 Å². The smallest absolute Gasteiger partial charge is 0.150 e. The highest BCUT2D eigenvalue weighted by atomic mass is 19.1. The molecule has 0 radical (unpaired) electrons. The summed E-state index contributed by atoms with van der Waals surface area (Å²) >= 11 is 0. The summed E-state index contributed by atoms with van der Waals surface area (Å²) in [5, 5.41) is 1.87. The molecule has 4 aromatic carbocycles. The number of hydrogen-bond donors (Lipinski definition) is 0. The number of ether oxygens (including phenoxy) is 2. The van der Waals surface area contributed by atoms with Gasteiger partial charge in [0.2, 0.25) is 0 Å². The summed E-state index contributed by atoms with van der Waals surface area (Å²) in [7, 11) is 1.63. The lowest BCUT2D eigenvalue weighted by molar-refractivity contribution is 0.112. The summed E-state index contributed by atoms with van der Waals surface area (Å²) in [5.74, 6) is 1.73. The molecule has 0 aromatic heterocycles. The van der Waals surface area contributed by atoms with E-state index in [0.29, 0.717) is 17.1 Å². The van der Waals surface area contributed by atoms with E-state index in [1.165, 1.54) is 12.1 Å². The Labute approximate surface area is 162 Å². The molecule has 3 nitrogen and oxygen atoms in total. The lowest BCUT2D eigenvalue weighted by atomic mass is 9.99. The topological polar surface area (TPSA) is 35.5 Å². The average molecular weight is 372 g/mol. The molecule has 0 aliphatic carbocycles. The van der Waals surface area contributed by atoms with E-state index < -0.39 is 0 Å². The molecule has 28 heavy (non-hydrogen) atoms. The quantitative estimate of drug-likeness (QED) is 0.388. The fourth-order valence-electron chi connectivity index (χ4n) is 3.11. The zero-order chi connectivity index (χ0) is 19.5. The van der Waals surface area contributed by atoms with Gasteiger partial charge in [0.25, 0.3) is 0 Å². The second-order valence-corrected chi connectivity index (χ2v) is 6.33. The zero-order valence-electron chi connectivity index (χ0n) is 15.2. The maximum absolute atomic E-state index is 13.4. The summed E-state index contributed by atoms with van der Waals surface area (Å²) < 4.78 is 24.9. The number of aldehydes is 1. The molecule has 0 saturated carbocycles. The van der Waals surface area contributed by atoms with Crippen molar-refractivity contribution in [2.75, 3.05) is 7.11 Å². The molecule has 0 heterocycles. The molecule has 0 bridgehead atoms. The minimum Gasteiger partial charge on any atom is -0.497 e. The number of carbonyl (C=O) groups is 1. The Balaban J connectivity index is 1.88. The van der Waals surface area contributed by atoms with Gasteiger partial charge in [0.15, 0.2) is 0 Å². The molecule has 4 aromatic rings. The van der Waals surface area contributed by atoms with Crippen molar-refractivity contribution in [2.45, 2.75) is 0 Å². The first-order valence-corrected chi connectivity index (χ1v) is 8.78. The monoisotopic (exact) mass is 372 g/mol. The fraction of sp³-hybridized carbons (Fsp3) is 0.0417. The number of methoxy groups -OCH3 is 1. The summed E-state index contributed by atoms with van der Waals surface area (Å²) in [6.45, 7) is 0. The SMILES string of the molecule is COc1ccc2c(Oc3ccc(C=O)cc3)c(-c3ccc(F)cc3)ccc2c1. The predicted octanol–water partition coefficient (Wildman–Crippen LogP) is 6.26. The highest BCUT2D eigenvalue weighted by molar-refractivity contribution is 5.96. The third-order valence-electron chi connectivity index (χ3n) is 4.57. The molecule has 4 rings (SSSR count). The maximum Gasteiger partial charge on any atom is 0.150 e. The second-order valence-electron chi connectivity index (χ2n) is 6.33. The van der Waals surface area contributed by atoms with Gasteiger partial charge < -0.3 is 9.47 Å². The van der Waals surface area contributed by atoms with Gasteiger partial charge >= 0.3 is 0 Å². The van der Waals surface area contributed by atoms with Gasteiger partial charge in [0, 0.05) is 16.5 Å². The van der Waals surface area contributed by atoms with Gasteiger partial charge in [0.1, 0.15) is 29.4 Å². The first-order chi connectivity index (χ1) is 13.7. The molecule has 138 valence electrons. The van der Waals surface area contributed by atoms with Gasteiger partial charge in [-0.2, -0.15) is 0 Å². The van der Waals surface area contributed by atoms with Crippen molar-refractivity contribution >= 4 is 17.1 Å². The van der Waals surface area contributed by atoms with Crippen molar-refractivity contribution in [1.29, 1.82) is 0 Å². The molecule has 0 aliphatic heterocycles. The molecule has 0 fully saturated rings. The van der Waals surface area contributed by atoms with E-state index >= 15 is 0 Å². The zero-order valence-corrected chi connectivity index (χ0v) is 15.2. The van der Waals surface area contributed by atoms with Crippen LogP contribution in [0, 0.1) is 5.82 Å². The molecule has 0 unspecified atom stereocenters. The van der Waals surface area contributed by atoms with Crippen LogP contribution in [-0.4, -0.2) is 13.4 Å². The normalized spacial score (nSPS) is 10.6. The molecule has 0 amide bonds. The maximum atomic E-state index is 13.4. The van der Waals surface area contributed by atoms with Crippen LogP contribution in [0.1, 0.15) is 10.4 Å². The van der Waals surface area contributed by atoms with Gasteiger partial charge in [-0.1, -0.05) is 18.2 Å². The highest BCUT2D eigenvalue weighted by Gasteiger charge is 2.13. The van der Waals surface area contributed by atoms with Crippen molar-refractivity contribution in [1.82, 2.24) is 0 Å². The molecular formula is C24H17FO3. The third-order valence-corrected chi connectivity index (χ3v) is 4.57. The Morgan fingerprint density at radius 3 is 2.21 bits per heavy atom. The van der Waals surface area contributed by atoms with Crippen molar-refractivity contribution < 1.29 is 18.7 Å². The van der Waals surface area contributed by atoms with Gasteiger partial charge in [-0.05, 0) is 71.6 Å².